The van der Waals surface area contributed by atoms with Crippen molar-refractivity contribution in [2.45, 2.75) is 32.4 Å². The molecule has 2 N–H and O–H groups in total. The van der Waals surface area contributed by atoms with Gasteiger partial charge in [0.2, 0.25) is 0 Å². The number of nitrogens with two attached hydrogens (primary N) is 1. The van der Waals surface area contributed by atoms with Crippen molar-refractivity contribution in [3.8, 4) is 0 Å². The Morgan fingerprint density at radius 1 is 1.77 bits per heavy atom. The van der Waals surface area contributed by atoms with Gasteiger partial charge in [-0.15, -0.1) is 0 Å². The number of nitrogens with zero attached hydrogens (tertiary/aromatic N) is 2. The van der Waals surface area contributed by atoms with Crippen LogP contribution < -0.4 is 5.73 Å². The quantitative estimate of drug-likeness (QED) is 0.739. The molecule has 0 saturated carbocycles. The fourth-order valence-corrected chi connectivity index (χ4v) is 1.62. The molecular formula is C9H15N3O. The van der Waals surface area contributed by atoms with Crippen molar-refractivity contribution in [3.05, 3.63) is 11.9 Å². The number of aromatic nitrogens is 2. The van der Waals surface area contributed by atoms with Gasteiger partial charge < -0.3 is 10.5 Å². The standard InChI is InChI=1S/C9H15N3O/c1-7-9(10)6-12(11-7)5-8-3-2-4-13-8/h6,8H,2-5,10H2,1H3. The first kappa shape index (κ1) is 8.56. The Kier molecular flexibility index (Phi) is 2.22. The number of hydrogen-bond acceptors (Lipinski definition) is 3. The van der Waals surface area contributed by atoms with Crippen LogP contribution in [0.5, 0.6) is 0 Å². The largest absolute Gasteiger partial charge is 0.396 e. The van der Waals surface area contributed by atoms with E-state index in [1.807, 2.05) is 17.8 Å². The van der Waals surface area contributed by atoms with E-state index >= 15 is 0 Å². The first-order valence-electron chi connectivity index (χ1n) is 4.67. The van der Waals surface area contributed by atoms with Crippen molar-refractivity contribution in [1.82, 2.24) is 9.78 Å². The van der Waals surface area contributed by atoms with Gasteiger partial charge in [-0.05, 0) is 19.8 Å². The second-order valence-electron chi connectivity index (χ2n) is 3.53. The molecule has 0 bridgehead atoms. The van der Waals surface area contributed by atoms with Crippen LogP contribution in [0.2, 0.25) is 0 Å². The molecular weight excluding hydrogens is 166 g/mol. The SMILES string of the molecule is Cc1nn(CC2CCCO2)cc1N. The van der Waals surface area contributed by atoms with Crippen LogP contribution in [0, 0.1) is 6.92 Å². The van der Waals surface area contributed by atoms with E-state index in [2.05, 4.69) is 5.10 Å². The zero-order valence-corrected chi connectivity index (χ0v) is 7.86. The zero-order valence-electron chi connectivity index (χ0n) is 7.86. The summed E-state index contributed by atoms with van der Waals surface area (Å²) >= 11 is 0. The lowest BCUT2D eigenvalue weighted by atomic mass is 10.2. The minimum atomic E-state index is 0.332. The Balaban J connectivity index is 2.00. The summed E-state index contributed by atoms with van der Waals surface area (Å²) in [5.41, 5.74) is 7.35. The fraction of sp³-hybridized carbons (Fsp3) is 0.667. The molecule has 0 amide bonds. The Hall–Kier alpha value is -1.03. The molecule has 2 rings (SSSR count). The second-order valence-corrected chi connectivity index (χ2v) is 3.53. The third-order valence-electron chi connectivity index (χ3n) is 2.40. The molecule has 1 aliphatic rings. The second kappa shape index (κ2) is 3.38. The molecule has 13 heavy (non-hydrogen) atoms. The lowest BCUT2D eigenvalue weighted by Gasteiger charge is -2.08. The molecule has 0 radical (unpaired) electrons. The Labute approximate surface area is 77.7 Å². The topological polar surface area (TPSA) is 53.1 Å². The van der Waals surface area contributed by atoms with E-state index in [9.17, 15) is 0 Å². The van der Waals surface area contributed by atoms with E-state index in [-0.39, 0.29) is 0 Å². The maximum absolute atomic E-state index is 5.69. The molecule has 72 valence electrons. The molecule has 1 atom stereocenters. The number of anilines is 1. The summed E-state index contributed by atoms with van der Waals surface area (Å²) in [6.45, 7) is 3.64. The van der Waals surface area contributed by atoms with Gasteiger partial charge >= 0.3 is 0 Å². The van der Waals surface area contributed by atoms with Crippen LogP contribution in [-0.2, 0) is 11.3 Å². The maximum Gasteiger partial charge on any atom is 0.0822 e. The van der Waals surface area contributed by atoms with Crippen molar-refractivity contribution < 1.29 is 4.74 Å². The van der Waals surface area contributed by atoms with Crippen LogP contribution in [-0.4, -0.2) is 22.5 Å². The summed E-state index contributed by atoms with van der Waals surface area (Å²) in [5.74, 6) is 0. The van der Waals surface area contributed by atoms with E-state index < -0.39 is 0 Å². The van der Waals surface area contributed by atoms with Crippen LogP contribution in [0.15, 0.2) is 6.20 Å². The van der Waals surface area contributed by atoms with E-state index in [1.165, 1.54) is 6.42 Å². The Morgan fingerprint density at radius 2 is 2.62 bits per heavy atom. The fourth-order valence-electron chi connectivity index (χ4n) is 1.62. The van der Waals surface area contributed by atoms with Crippen LogP contribution in [0.4, 0.5) is 5.69 Å². The van der Waals surface area contributed by atoms with Crippen LogP contribution in [0.25, 0.3) is 0 Å². The number of rotatable bonds is 2. The number of nitrogen functional groups attached to an aromatic ring is 1. The van der Waals surface area contributed by atoms with Crippen LogP contribution >= 0.6 is 0 Å². The summed E-state index contributed by atoms with van der Waals surface area (Å²) in [7, 11) is 0. The Morgan fingerprint density at radius 3 is 3.15 bits per heavy atom. The van der Waals surface area contributed by atoms with Gasteiger partial charge in [0.1, 0.15) is 0 Å². The van der Waals surface area contributed by atoms with E-state index in [4.69, 9.17) is 10.5 Å². The van der Waals surface area contributed by atoms with E-state index in [0.29, 0.717) is 6.10 Å². The highest BCUT2D eigenvalue weighted by molar-refractivity contribution is 5.39. The normalized spacial score (nSPS) is 22.4. The van der Waals surface area contributed by atoms with Gasteiger partial charge in [-0.1, -0.05) is 0 Å². The van der Waals surface area contributed by atoms with Gasteiger partial charge in [0, 0.05) is 12.8 Å². The minimum Gasteiger partial charge on any atom is -0.396 e. The summed E-state index contributed by atoms with van der Waals surface area (Å²) in [6.07, 6.45) is 4.51. The van der Waals surface area contributed by atoms with Gasteiger partial charge in [0.05, 0.1) is 24.0 Å². The molecule has 1 aliphatic heterocycles. The first-order valence-corrected chi connectivity index (χ1v) is 4.67. The van der Waals surface area contributed by atoms with Crippen LogP contribution in [0.1, 0.15) is 18.5 Å². The molecule has 1 fully saturated rings. The third-order valence-corrected chi connectivity index (χ3v) is 2.40. The molecule has 0 spiro atoms. The molecule has 4 nitrogen and oxygen atoms in total. The predicted octanol–water partition coefficient (Wildman–Crippen LogP) is 0.953. The van der Waals surface area contributed by atoms with Crippen molar-refractivity contribution in [2.75, 3.05) is 12.3 Å². The third kappa shape index (κ3) is 1.83. The van der Waals surface area contributed by atoms with E-state index in [1.54, 1.807) is 0 Å². The average molecular weight is 181 g/mol. The van der Waals surface area contributed by atoms with Crippen molar-refractivity contribution in [3.63, 3.8) is 0 Å². The van der Waals surface area contributed by atoms with Gasteiger partial charge in [-0.25, -0.2) is 0 Å². The molecule has 0 aromatic carbocycles. The minimum absolute atomic E-state index is 0.332. The maximum atomic E-state index is 5.69. The van der Waals surface area contributed by atoms with Gasteiger partial charge in [-0.3, -0.25) is 4.68 Å². The van der Waals surface area contributed by atoms with Crippen molar-refractivity contribution in [1.29, 1.82) is 0 Å². The summed E-state index contributed by atoms with van der Waals surface area (Å²) < 4.78 is 7.38. The lowest BCUT2D eigenvalue weighted by molar-refractivity contribution is 0.0939. The molecule has 1 saturated heterocycles. The van der Waals surface area contributed by atoms with Crippen molar-refractivity contribution >= 4 is 5.69 Å². The highest BCUT2D eigenvalue weighted by atomic mass is 16.5. The highest BCUT2D eigenvalue weighted by Gasteiger charge is 2.16. The molecule has 0 aliphatic carbocycles. The number of ether oxygens (including phenoxy) is 1. The van der Waals surface area contributed by atoms with Gasteiger partial charge in [0.25, 0.3) is 0 Å². The predicted molar refractivity (Wildman–Crippen MR) is 50.4 cm³/mol. The molecule has 1 aromatic heterocycles. The summed E-state index contributed by atoms with van der Waals surface area (Å²) in [5, 5.41) is 4.29. The molecule has 4 heteroatoms. The number of hydrogen-bond donors (Lipinski definition) is 1. The lowest BCUT2D eigenvalue weighted by Crippen LogP contribution is -2.15. The van der Waals surface area contributed by atoms with Crippen molar-refractivity contribution in [2.24, 2.45) is 0 Å². The molecule has 1 aromatic rings. The number of aryl methyl sites for hydroxylation is 1. The van der Waals surface area contributed by atoms with Gasteiger partial charge in [0.15, 0.2) is 0 Å². The molecule has 1 unspecified atom stereocenters. The van der Waals surface area contributed by atoms with E-state index in [0.717, 1.165) is 31.0 Å². The Bertz CT molecular complexity index is 270. The monoisotopic (exact) mass is 181 g/mol. The average Bonchev–Trinajstić information content (AvgIpc) is 2.64. The highest BCUT2D eigenvalue weighted by Crippen LogP contribution is 2.15. The molecule has 2 heterocycles. The zero-order chi connectivity index (χ0) is 9.26. The summed E-state index contributed by atoms with van der Waals surface area (Å²) in [6, 6.07) is 0. The van der Waals surface area contributed by atoms with Crippen LogP contribution in [0.3, 0.4) is 0 Å². The van der Waals surface area contributed by atoms with Gasteiger partial charge in [-0.2, -0.15) is 5.10 Å². The summed E-state index contributed by atoms with van der Waals surface area (Å²) in [4.78, 5) is 0. The first-order chi connectivity index (χ1) is 6.25. The smallest absolute Gasteiger partial charge is 0.0822 e.